The standard InChI is InChI=1S/C24H35F2NO4/c1-2-3-4-5-6-7-8-9-10-18-11-12-19(21(26)20(18)25)17-27-15-13-24(14-16-27,22(28)29)23(30)31/h11-12H,2-10,13-17H2,1H3,(H,28,29)(H,30,31). The number of rotatable bonds is 13. The molecule has 7 heteroatoms. The number of carboxylic acid groups (broad SMARTS) is 2. The van der Waals surface area contributed by atoms with Gasteiger partial charge in [-0.15, -0.1) is 0 Å². The van der Waals surface area contributed by atoms with Crippen LogP contribution in [0.15, 0.2) is 12.1 Å². The molecule has 0 amide bonds. The highest BCUT2D eigenvalue weighted by atomic mass is 19.2. The zero-order valence-corrected chi connectivity index (χ0v) is 18.5. The summed E-state index contributed by atoms with van der Waals surface area (Å²) in [6, 6.07) is 3.23. The summed E-state index contributed by atoms with van der Waals surface area (Å²) in [5, 5.41) is 18.6. The molecule has 31 heavy (non-hydrogen) atoms. The van der Waals surface area contributed by atoms with Crippen LogP contribution in [0, 0.1) is 17.0 Å². The lowest BCUT2D eigenvalue weighted by Crippen LogP contribution is -2.48. The predicted molar refractivity (Wildman–Crippen MR) is 115 cm³/mol. The molecule has 0 bridgehead atoms. The van der Waals surface area contributed by atoms with E-state index in [1.165, 1.54) is 32.1 Å². The third-order valence-corrected chi connectivity index (χ3v) is 6.46. The summed E-state index contributed by atoms with van der Waals surface area (Å²) in [5.74, 6) is -4.35. The number of hydrogen-bond acceptors (Lipinski definition) is 3. The quantitative estimate of drug-likeness (QED) is 0.318. The highest BCUT2D eigenvalue weighted by Gasteiger charge is 2.48. The second-order valence-corrected chi connectivity index (χ2v) is 8.71. The number of likely N-dealkylation sites (tertiary alicyclic amines) is 1. The van der Waals surface area contributed by atoms with E-state index in [1.807, 2.05) is 0 Å². The van der Waals surface area contributed by atoms with Crippen molar-refractivity contribution in [1.82, 2.24) is 4.90 Å². The SMILES string of the molecule is CCCCCCCCCCc1ccc(CN2CCC(C(=O)O)(C(=O)O)CC2)c(F)c1F. The van der Waals surface area contributed by atoms with Gasteiger partial charge in [-0.25, -0.2) is 8.78 Å². The highest BCUT2D eigenvalue weighted by molar-refractivity contribution is 5.98. The van der Waals surface area contributed by atoms with Crippen molar-refractivity contribution < 1.29 is 28.6 Å². The van der Waals surface area contributed by atoms with Gasteiger partial charge in [0.05, 0.1) is 0 Å². The number of aryl methyl sites for hydroxylation is 1. The minimum Gasteiger partial charge on any atom is -0.480 e. The van der Waals surface area contributed by atoms with Crippen molar-refractivity contribution in [3.05, 3.63) is 34.9 Å². The average Bonchev–Trinajstić information content (AvgIpc) is 2.75. The Morgan fingerprint density at radius 3 is 1.90 bits per heavy atom. The van der Waals surface area contributed by atoms with E-state index in [0.717, 1.165) is 19.3 Å². The lowest BCUT2D eigenvalue weighted by Gasteiger charge is -2.36. The molecule has 1 saturated heterocycles. The van der Waals surface area contributed by atoms with E-state index >= 15 is 0 Å². The number of unbranched alkanes of at least 4 members (excludes halogenated alkanes) is 7. The summed E-state index contributed by atoms with van der Waals surface area (Å²) in [7, 11) is 0. The molecule has 0 saturated carbocycles. The zero-order valence-electron chi connectivity index (χ0n) is 18.5. The third-order valence-electron chi connectivity index (χ3n) is 6.46. The monoisotopic (exact) mass is 439 g/mol. The van der Waals surface area contributed by atoms with E-state index in [9.17, 15) is 28.6 Å². The fraction of sp³-hybridized carbons (Fsp3) is 0.667. The van der Waals surface area contributed by atoms with E-state index in [4.69, 9.17) is 0 Å². The van der Waals surface area contributed by atoms with E-state index in [-0.39, 0.29) is 38.0 Å². The number of halogens is 2. The number of carboxylic acids is 2. The molecule has 0 radical (unpaired) electrons. The molecule has 1 aliphatic rings. The maximum Gasteiger partial charge on any atom is 0.321 e. The lowest BCUT2D eigenvalue weighted by molar-refractivity contribution is -0.168. The van der Waals surface area contributed by atoms with Crippen LogP contribution in [0.1, 0.15) is 82.3 Å². The Kier molecular flexibility index (Phi) is 9.88. The molecular formula is C24H35F2NO4. The summed E-state index contributed by atoms with van der Waals surface area (Å²) in [6.07, 6.45) is 9.56. The fourth-order valence-electron chi connectivity index (χ4n) is 4.25. The summed E-state index contributed by atoms with van der Waals surface area (Å²) in [4.78, 5) is 24.6. The van der Waals surface area contributed by atoms with Crippen molar-refractivity contribution in [1.29, 1.82) is 0 Å². The van der Waals surface area contributed by atoms with E-state index in [0.29, 0.717) is 12.0 Å². The van der Waals surface area contributed by atoms with Gasteiger partial charge < -0.3 is 10.2 Å². The molecule has 0 aliphatic carbocycles. The smallest absolute Gasteiger partial charge is 0.321 e. The van der Waals surface area contributed by atoms with Gasteiger partial charge >= 0.3 is 11.9 Å². The summed E-state index contributed by atoms with van der Waals surface area (Å²) in [6.45, 7) is 2.74. The highest BCUT2D eigenvalue weighted by Crippen LogP contribution is 2.33. The van der Waals surface area contributed by atoms with Crippen LogP contribution < -0.4 is 0 Å². The Morgan fingerprint density at radius 1 is 0.871 bits per heavy atom. The van der Waals surface area contributed by atoms with E-state index in [2.05, 4.69) is 6.92 Å². The maximum atomic E-state index is 14.6. The third kappa shape index (κ3) is 6.73. The first-order chi connectivity index (χ1) is 14.8. The van der Waals surface area contributed by atoms with Gasteiger partial charge in [0.1, 0.15) is 0 Å². The number of nitrogens with zero attached hydrogens (tertiary/aromatic N) is 1. The number of aliphatic carboxylic acids is 2. The van der Waals surface area contributed by atoms with Gasteiger partial charge in [-0.05, 0) is 31.2 Å². The van der Waals surface area contributed by atoms with Crippen LogP contribution in [0.25, 0.3) is 0 Å². The molecule has 1 aliphatic heterocycles. The van der Waals surface area contributed by atoms with Gasteiger partial charge in [0.2, 0.25) is 0 Å². The molecule has 0 unspecified atom stereocenters. The molecule has 174 valence electrons. The number of piperidine rings is 1. The van der Waals surface area contributed by atoms with Crippen molar-refractivity contribution in [2.24, 2.45) is 5.41 Å². The topological polar surface area (TPSA) is 77.8 Å². The molecule has 0 aromatic heterocycles. The zero-order chi connectivity index (χ0) is 22.9. The van der Waals surface area contributed by atoms with Crippen molar-refractivity contribution >= 4 is 11.9 Å². The summed E-state index contributed by atoms with van der Waals surface area (Å²) < 4.78 is 29.1. The molecular weight excluding hydrogens is 404 g/mol. The molecule has 1 aromatic carbocycles. The van der Waals surface area contributed by atoms with Gasteiger partial charge in [-0.3, -0.25) is 14.5 Å². The Morgan fingerprint density at radius 2 is 1.35 bits per heavy atom. The molecule has 0 atom stereocenters. The first-order valence-electron chi connectivity index (χ1n) is 11.5. The van der Waals surface area contributed by atoms with Crippen LogP contribution in [0.3, 0.4) is 0 Å². The van der Waals surface area contributed by atoms with Gasteiger partial charge in [-0.2, -0.15) is 0 Å². The normalized spacial score (nSPS) is 16.4. The second-order valence-electron chi connectivity index (χ2n) is 8.71. The Bertz CT molecular complexity index is 729. The average molecular weight is 440 g/mol. The Labute approximate surface area is 183 Å². The van der Waals surface area contributed by atoms with Crippen molar-refractivity contribution in [3.8, 4) is 0 Å². The molecule has 1 fully saturated rings. The largest absolute Gasteiger partial charge is 0.480 e. The maximum absolute atomic E-state index is 14.6. The van der Waals surface area contributed by atoms with Gasteiger partial charge in [0.25, 0.3) is 0 Å². The van der Waals surface area contributed by atoms with Gasteiger partial charge in [-0.1, -0.05) is 64.0 Å². The molecule has 1 aromatic rings. The van der Waals surface area contributed by atoms with Crippen molar-refractivity contribution in [3.63, 3.8) is 0 Å². The fourth-order valence-corrected chi connectivity index (χ4v) is 4.25. The second kappa shape index (κ2) is 12.1. The van der Waals surface area contributed by atoms with E-state index in [1.54, 1.807) is 17.0 Å². The molecule has 0 spiro atoms. The lowest BCUT2D eigenvalue weighted by atomic mass is 9.78. The molecule has 2 rings (SSSR count). The van der Waals surface area contributed by atoms with E-state index < -0.39 is 29.0 Å². The van der Waals surface area contributed by atoms with Gasteiger partial charge in [0, 0.05) is 25.2 Å². The van der Waals surface area contributed by atoms with Crippen molar-refractivity contribution in [2.45, 2.75) is 84.1 Å². The van der Waals surface area contributed by atoms with Crippen LogP contribution in [0.4, 0.5) is 8.78 Å². The van der Waals surface area contributed by atoms with Gasteiger partial charge in [0.15, 0.2) is 17.0 Å². The Hall–Kier alpha value is -2.02. The van der Waals surface area contributed by atoms with Crippen LogP contribution in [-0.2, 0) is 22.6 Å². The predicted octanol–water partition coefficient (Wildman–Crippen LogP) is 5.40. The first-order valence-corrected chi connectivity index (χ1v) is 11.5. The van der Waals surface area contributed by atoms with Crippen LogP contribution in [0.5, 0.6) is 0 Å². The Balaban J connectivity index is 1.83. The number of benzene rings is 1. The minimum atomic E-state index is -1.79. The van der Waals surface area contributed by atoms with Crippen LogP contribution in [-0.4, -0.2) is 40.1 Å². The van der Waals surface area contributed by atoms with Crippen LogP contribution in [0.2, 0.25) is 0 Å². The summed E-state index contributed by atoms with van der Waals surface area (Å²) in [5.41, 5.74) is -1.18. The molecule has 5 nitrogen and oxygen atoms in total. The minimum absolute atomic E-state index is 0.0572. The summed E-state index contributed by atoms with van der Waals surface area (Å²) >= 11 is 0. The molecule has 1 heterocycles. The first kappa shape index (κ1) is 25.2. The number of hydrogen-bond donors (Lipinski definition) is 2. The molecule has 2 N–H and O–H groups in total. The number of carbonyl (C=O) groups is 2. The van der Waals surface area contributed by atoms with Crippen molar-refractivity contribution in [2.75, 3.05) is 13.1 Å². The van der Waals surface area contributed by atoms with Crippen LogP contribution >= 0.6 is 0 Å².